The molecule has 3 rings (SSSR count). The molecule has 1 amide bonds. The second-order valence-electron chi connectivity index (χ2n) is 6.15. The molecular formula is C19H19NO5S. The minimum atomic E-state index is -3.42. The lowest BCUT2D eigenvalue weighted by Gasteiger charge is -2.29. The lowest BCUT2D eigenvalue weighted by atomic mass is 10.0. The molecule has 0 aromatic heterocycles. The maximum Gasteiger partial charge on any atom is 0.338 e. The van der Waals surface area contributed by atoms with Crippen molar-refractivity contribution >= 4 is 27.4 Å². The van der Waals surface area contributed by atoms with Gasteiger partial charge in [-0.1, -0.05) is 24.3 Å². The van der Waals surface area contributed by atoms with Crippen LogP contribution in [0.4, 0.5) is 5.69 Å². The van der Waals surface area contributed by atoms with E-state index in [9.17, 15) is 18.0 Å². The van der Waals surface area contributed by atoms with Gasteiger partial charge in [-0.15, -0.1) is 0 Å². The Labute approximate surface area is 152 Å². The van der Waals surface area contributed by atoms with Crippen LogP contribution in [0.5, 0.6) is 0 Å². The zero-order valence-electron chi connectivity index (χ0n) is 14.3. The van der Waals surface area contributed by atoms with Crippen LogP contribution in [-0.4, -0.2) is 39.7 Å². The van der Waals surface area contributed by atoms with Gasteiger partial charge < -0.3 is 9.64 Å². The fraction of sp³-hybridized carbons (Fsp3) is 0.263. The average Bonchev–Trinajstić information content (AvgIpc) is 2.64. The number of fused-ring (bicyclic) bond motifs is 1. The van der Waals surface area contributed by atoms with Crippen LogP contribution < -0.4 is 4.90 Å². The van der Waals surface area contributed by atoms with Crippen LogP contribution in [0.25, 0.3) is 0 Å². The summed E-state index contributed by atoms with van der Waals surface area (Å²) in [6, 6.07) is 13.2. The van der Waals surface area contributed by atoms with Crippen molar-refractivity contribution in [3.05, 3.63) is 59.7 Å². The normalized spacial score (nSPS) is 13.8. The van der Waals surface area contributed by atoms with Crippen LogP contribution in [0.2, 0.25) is 0 Å². The summed E-state index contributed by atoms with van der Waals surface area (Å²) in [6.07, 6.45) is 2.83. The number of hydrogen-bond acceptors (Lipinski definition) is 5. The second-order valence-corrected chi connectivity index (χ2v) is 8.17. The minimum absolute atomic E-state index is 0.0308. The molecule has 0 unspecified atom stereocenters. The number of sulfone groups is 1. The molecule has 7 heteroatoms. The number of amides is 1. The van der Waals surface area contributed by atoms with Crippen molar-refractivity contribution in [2.75, 3.05) is 24.3 Å². The highest BCUT2D eigenvalue weighted by molar-refractivity contribution is 7.90. The first-order chi connectivity index (χ1) is 12.4. The van der Waals surface area contributed by atoms with Crippen molar-refractivity contribution in [3.63, 3.8) is 0 Å². The summed E-state index contributed by atoms with van der Waals surface area (Å²) >= 11 is 0. The first-order valence-corrected chi connectivity index (χ1v) is 10.1. The van der Waals surface area contributed by atoms with Crippen molar-refractivity contribution < 1.29 is 22.7 Å². The predicted molar refractivity (Wildman–Crippen MR) is 97.0 cm³/mol. The second kappa shape index (κ2) is 7.29. The van der Waals surface area contributed by atoms with Gasteiger partial charge in [0.2, 0.25) is 0 Å². The molecule has 0 N–H and O–H groups in total. The Kier molecular flexibility index (Phi) is 5.08. The standard InChI is InChI=1S/C19H19NO5S/c1-26(23,24)16-9-4-7-15(12-16)19(22)25-13-18(21)20-11-5-8-14-6-2-3-10-17(14)20/h2-4,6-7,9-10,12H,5,8,11,13H2,1H3. The summed E-state index contributed by atoms with van der Waals surface area (Å²) in [5.41, 5.74) is 2.04. The molecule has 26 heavy (non-hydrogen) atoms. The van der Waals surface area contributed by atoms with E-state index in [2.05, 4.69) is 0 Å². The van der Waals surface area contributed by atoms with E-state index in [1.54, 1.807) is 4.90 Å². The van der Waals surface area contributed by atoms with Gasteiger partial charge in [0.15, 0.2) is 16.4 Å². The highest BCUT2D eigenvalue weighted by atomic mass is 32.2. The maximum absolute atomic E-state index is 12.5. The Hall–Kier alpha value is -2.67. The first kappa shape index (κ1) is 18.1. The third-order valence-electron chi connectivity index (χ3n) is 4.24. The van der Waals surface area contributed by atoms with Crippen LogP contribution in [0.15, 0.2) is 53.4 Å². The number of rotatable bonds is 4. The third-order valence-corrected chi connectivity index (χ3v) is 5.35. The fourth-order valence-corrected chi connectivity index (χ4v) is 3.60. The van der Waals surface area contributed by atoms with Gasteiger partial charge in [-0.25, -0.2) is 13.2 Å². The topological polar surface area (TPSA) is 80.7 Å². The van der Waals surface area contributed by atoms with E-state index in [4.69, 9.17) is 4.74 Å². The molecule has 6 nitrogen and oxygen atoms in total. The minimum Gasteiger partial charge on any atom is -0.452 e. The smallest absolute Gasteiger partial charge is 0.338 e. The highest BCUT2D eigenvalue weighted by Crippen LogP contribution is 2.26. The molecule has 0 saturated heterocycles. The van der Waals surface area contributed by atoms with Crippen molar-refractivity contribution in [1.82, 2.24) is 0 Å². The molecule has 0 radical (unpaired) electrons. The zero-order chi connectivity index (χ0) is 18.7. The van der Waals surface area contributed by atoms with Gasteiger partial charge >= 0.3 is 5.97 Å². The van der Waals surface area contributed by atoms with Crippen molar-refractivity contribution in [2.24, 2.45) is 0 Å². The SMILES string of the molecule is CS(=O)(=O)c1cccc(C(=O)OCC(=O)N2CCCc3ccccc32)c1. The molecule has 1 heterocycles. The highest BCUT2D eigenvalue weighted by Gasteiger charge is 2.23. The first-order valence-electron chi connectivity index (χ1n) is 8.22. The van der Waals surface area contributed by atoms with E-state index in [1.807, 2.05) is 24.3 Å². The van der Waals surface area contributed by atoms with E-state index in [0.717, 1.165) is 30.3 Å². The maximum atomic E-state index is 12.5. The molecule has 0 spiro atoms. The van der Waals surface area contributed by atoms with Crippen LogP contribution in [0.3, 0.4) is 0 Å². The number of benzene rings is 2. The summed E-state index contributed by atoms with van der Waals surface area (Å²) in [5.74, 6) is -1.03. The summed E-state index contributed by atoms with van der Waals surface area (Å²) < 4.78 is 28.3. The van der Waals surface area contributed by atoms with Crippen molar-refractivity contribution in [2.45, 2.75) is 17.7 Å². The van der Waals surface area contributed by atoms with Gasteiger partial charge in [0.05, 0.1) is 10.5 Å². The third kappa shape index (κ3) is 3.94. The number of ether oxygens (including phenoxy) is 1. The quantitative estimate of drug-likeness (QED) is 0.768. The predicted octanol–water partition coefficient (Wildman–Crippen LogP) is 2.23. The summed E-state index contributed by atoms with van der Waals surface area (Å²) in [7, 11) is -3.42. The van der Waals surface area contributed by atoms with Crippen LogP contribution in [0.1, 0.15) is 22.3 Å². The molecule has 2 aromatic carbocycles. The number of nitrogens with zero attached hydrogens (tertiary/aromatic N) is 1. The molecule has 2 aromatic rings. The number of hydrogen-bond donors (Lipinski definition) is 0. The van der Waals surface area contributed by atoms with Crippen molar-refractivity contribution in [3.8, 4) is 0 Å². The Morgan fingerprint density at radius 1 is 1.12 bits per heavy atom. The molecule has 0 fully saturated rings. The molecule has 1 aliphatic rings. The molecular weight excluding hydrogens is 354 g/mol. The van der Waals surface area contributed by atoms with Gasteiger partial charge in [-0.3, -0.25) is 4.79 Å². The van der Waals surface area contributed by atoms with E-state index in [0.29, 0.717) is 6.54 Å². The van der Waals surface area contributed by atoms with Gasteiger partial charge in [0, 0.05) is 18.5 Å². The number of anilines is 1. The van der Waals surface area contributed by atoms with Crippen LogP contribution in [0, 0.1) is 0 Å². The monoisotopic (exact) mass is 373 g/mol. The van der Waals surface area contributed by atoms with Gasteiger partial charge in [0.1, 0.15) is 0 Å². The lowest BCUT2D eigenvalue weighted by molar-refractivity contribution is -0.121. The number of para-hydroxylation sites is 1. The van der Waals surface area contributed by atoms with Crippen LogP contribution in [-0.2, 0) is 25.8 Å². The number of esters is 1. The Morgan fingerprint density at radius 2 is 1.88 bits per heavy atom. The summed E-state index contributed by atoms with van der Waals surface area (Å²) in [4.78, 5) is 26.3. The molecule has 0 saturated carbocycles. The molecule has 1 aliphatic heterocycles. The molecule has 0 atom stereocenters. The molecule has 136 valence electrons. The fourth-order valence-electron chi connectivity index (χ4n) is 2.93. The Balaban J connectivity index is 1.68. The summed E-state index contributed by atoms with van der Waals surface area (Å²) in [6.45, 7) is 0.188. The van der Waals surface area contributed by atoms with E-state index < -0.39 is 22.4 Å². The molecule has 0 aliphatic carbocycles. The summed E-state index contributed by atoms with van der Waals surface area (Å²) in [5, 5.41) is 0. The van der Waals surface area contributed by atoms with Crippen molar-refractivity contribution in [1.29, 1.82) is 0 Å². The average molecular weight is 373 g/mol. The van der Waals surface area contributed by atoms with E-state index in [-0.39, 0.29) is 16.4 Å². The van der Waals surface area contributed by atoms with Gasteiger partial charge in [0.25, 0.3) is 5.91 Å². The zero-order valence-corrected chi connectivity index (χ0v) is 15.2. The van der Waals surface area contributed by atoms with Crippen LogP contribution >= 0.6 is 0 Å². The lowest BCUT2D eigenvalue weighted by Crippen LogP contribution is -2.38. The Bertz CT molecular complexity index is 952. The van der Waals surface area contributed by atoms with Gasteiger partial charge in [-0.05, 0) is 42.7 Å². The number of aryl methyl sites for hydroxylation is 1. The van der Waals surface area contributed by atoms with E-state index >= 15 is 0 Å². The Morgan fingerprint density at radius 3 is 2.65 bits per heavy atom. The number of carbonyl (C=O) groups excluding carboxylic acids is 2. The van der Waals surface area contributed by atoms with Gasteiger partial charge in [-0.2, -0.15) is 0 Å². The molecule has 0 bridgehead atoms. The number of carbonyl (C=O) groups is 2. The largest absolute Gasteiger partial charge is 0.452 e. The van der Waals surface area contributed by atoms with E-state index in [1.165, 1.54) is 24.3 Å².